The summed E-state index contributed by atoms with van der Waals surface area (Å²) < 4.78 is 10.4. The molecule has 1 aliphatic rings. The van der Waals surface area contributed by atoms with Crippen molar-refractivity contribution in [2.24, 2.45) is 0 Å². The van der Waals surface area contributed by atoms with Gasteiger partial charge in [0.05, 0.1) is 6.61 Å². The molecule has 1 aliphatic carbocycles. The monoisotopic (exact) mass is 242 g/mol. The second kappa shape index (κ2) is 5.46. The zero-order chi connectivity index (χ0) is 11.4. The molecule has 0 aromatic carbocycles. The fourth-order valence-electron chi connectivity index (χ4n) is 1.39. The predicted molar refractivity (Wildman–Crippen MR) is 61.0 cm³/mol. The van der Waals surface area contributed by atoms with Gasteiger partial charge >= 0.3 is 0 Å². The molecular formula is C11H15ClN2O2. The molecule has 2 rings (SSSR count). The lowest BCUT2D eigenvalue weighted by molar-refractivity contribution is 0.170. The minimum Gasteiger partial charge on any atom is -0.477 e. The van der Waals surface area contributed by atoms with Crippen molar-refractivity contribution in [1.82, 2.24) is 9.97 Å². The van der Waals surface area contributed by atoms with Gasteiger partial charge in [0, 0.05) is 32.1 Å². The first-order chi connectivity index (χ1) is 7.79. The maximum Gasteiger partial charge on any atom is 0.218 e. The molecule has 0 saturated heterocycles. The molecule has 5 heteroatoms. The Bertz CT molecular complexity index is 356. The lowest BCUT2D eigenvalue weighted by atomic mass is 10.4. The van der Waals surface area contributed by atoms with E-state index in [1.807, 2.05) is 0 Å². The third-order valence-electron chi connectivity index (χ3n) is 2.37. The number of halogens is 1. The van der Waals surface area contributed by atoms with Crippen molar-refractivity contribution in [1.29, 1.82) is 0 Å². The van der Waals surface area contributed by atoms with E-state index in [1.54, 1.807) is 13.2 Å². The molecule has 0 spiro atoms. The van der Waals surface area contributed by atoms with Crippen molar-refractivity contribution in [3.05, 3.63) is 17.0 Å². The third kappa shape index (κ3) is 3.32. The quantitative estimate of drug-likeness (QED) is 0.568. The van der Waals surface area contributed by atoms with Crippen LogP contribution in [0.5, 0.6) is 5.88 Å². The van der Waals surface area contributed by atoms with Crippen LogP contribution in [-0.2, 0) is 4.74 Å². The third-order valence-corrected chi connectivity index (χ3v) is 2.57. The highest BCUT2D eigenvalue weighted by molar-refractivity contribution is 6.29. The second-order valence-electron chi connectivity index (χ2n) is 3.86. The average molecular weight is 243 g/mol. The molecule has 1 aromatic heterocycles. The molecule has 0 amide bonds. The Labute approximate surface area is 99.9 Å². The van der Waals surface area contributed by atoms with Gasteiger partial charge in [-0.1, -0.05) is 11.6 Å². The highest BCUT2D eigenvalue weighted by Crippen LogP contribution is 2.38. The van der Waals surface area contributed by atoms with Crippen LogP contribution in [0.3, 0.4) is 0 Å². The first-order valence-corrected chi connectivity index (χ1v) is 5.83. The minimum absolute atomic E-state index is 0.457. The Hall–Kier alpha value is -0.870. The topological polar surface area (TPSA) is 44.2 Å². The van der Waals surface area contributed by atoms with Gasteiger partial charge in [-0.05, 0) is 12.8 Å². The van der Waals surface area contributed by atoms with Gasteiger partial charge in [-0.3, -0.25) is 0 Å². The Morgan fingerprint density at radius 3 is 2.88 bits per heavy atom. The average Bonchev–Trinajstić information content (AvgIpc) is 3.07. The van der Waals surface area contributed by atoms with E-state index in [1.165, 1.54) is 0 Å². The van der Waals surface area contributed by atoms with Gasteiger partial charge in [-0.2, -0.15) is 4.98 Å². The van der Waals surface area contributed by atoms with Crippen LogP contribution in [0.25, 0.3) is 0 Å². The number of aromatic nitrogens is 2. The van der Waals surface area contributed by atoms with E-state index >= 15 is 0 Å². The van der Waals surface area contributed by atoms with E-state index in [9.17, 15) is 0 Å². The van der Waals surface area contributed by atoms with Crippen molar-refractivity contribution in [3.8, 4) is 5.88 Å². The van der Waals surface area contributed by atoms with Gasteiger partial charge in [-0.15, -0.1) is 0 Å². The molecule has 0 unspecified atom stereocenters. The van der Waals surface area contributed by atoms with E-state index in [2.05, 4.69) is 9.97 Å². The summed E-state index contributed by atoms with van der Waals surface area (Å²) in [7, 11) is 1.67. The van der Waals surface area contributed by atoms with Crippen LogP contribution in [0.15, 0.2) is 6.07 Å². The molecule has 4 nitrogen and oxygen atoms in total. The number of nitrogens with zero attached hydrogens (tertiary/aromatic N) is 2. The summed E-state index contributed by atoms with van der Waals surface area (Å²) in [6, 6.07) is 1.65. The molecule has 1 heterocycles. The van der Waals surface area contributed by atoms with Crippen LogP contribution in [0.4, 0.5) is 0 Å². The largest absolute Gasteiger partial charge is 0.477 e. The van der Waals surface area contributed by atoms with Crippen LogP contribution in [0, 0.1) is 0 Å². The number of rotatable bonds is 6. The number of ether oxygens (including phenoxy) is 2. The second-order valence-corrected chi connectivity index (χ2v) is 4.24. The Morgan fingerprint density at radius 1 is 1.38 bits per heavy atom. The maximum absolute atomic E-state index is 5.91. The molecule has 88 valence electrons. The summed E-state index contributed by atoms with van der Waals surface area (Å²) >= 11 is 5.91. The number of hydrogen-bond acceptors (Lipinski definition) is 4. The lowest BCUT2D eigenvalue weighted by Crippen LogP contribution is -2.04. The van der Waals surface area contributed by atoms with Gasteiger partial charge in [0.15, 0.2) is 0 Å². The van der Waals surface area contributed by atoms with Gasteiger partial charge < -0.3 is 9.47 Å². The Kier molecular flexibility index (Phi) is 3.96. The highest BCUT2D eigenvalue weighted by atomic mass is 35.5. The summed E-state index contributed by atoms with van der Waals surface area (Å²) in [5, 5.41) is 0.457. The molecule has 0 N–H and O–H groups in total. The molecule has 0 atom stereocenters. The summed E-state index contributed by atoms with van der Waals surface area (Å²) in [5.41, 5.74) is 0. The lowest BCUT2D eigenvalue weighted by Gasteiger charge is -2.06. The predicted octanol–water partition coefficient (Wildman–Crippen LogP) is 2.42. The number of methoxy groups -OCH3 is 1. The van der Waals surface area contributed by atoms with E-state index in [0.29, 0.717) is 30.2 Å². The normalized spacial score (nSPS) is 15.1. The van der Waals surface area contributed by atoms with Crippen LogP contribution in [0.2, 0.25) is 5.15 Å². The van der Waals surface area contributed by atoms with Crippen molar-refractivity contribution >= 4 is 11.6 Å². The SMILES string of the molecule is COCCCOc1cc(Cl)nc(C2CC2)n1. The fraction of sp³-hybridized carbons (Fsp3) is 0.636. The van der Waals surface area contributed by atoms with Crippen molar-refractivity contribution in [2.75, 3.05) is 20.3 Å². The zero-order valence-electron chi connectivity index (χ0n) is 9.28. The molecule has 0 bridgehead atoms. The standard InChI is InChI=1S/C11H15ClN2O2/c1-15-5-2-6-16-10-7-9(12)13-11(14-10)8-3-4-8/h7-8H,2-6H2,1H3. The molecule has 16 heavy (non-hydrogen) atoms. The van der Waals surface area contributed by atoms with E-state index in [4.69, 9.17) is 21.1 Å². The summed E-state index contributed by atoms with van der Waals surface area (Å²) in [6.45, 7) is 1.28. The van der Waals surface area contributed by atoms with Crippen molar-refractivity contribution in [2.45, 2.75) is 25.2 Å². The smallest absolute Gasteiger partial charge is 0.218 e. The van der Waals surface area contributed by atoms with E-state index < -0.39 is 0 Å². The molecule has 0 aliphatic heterocycles. The molecule has 1 fully saturated rings. The molecule has 0 radical (unpaired) electrons. The maximum atomic E-state index is 5.91. The summed E-state index contributed by atoms with van der Waals surface area (Å²) in [5.74, 6) is 1.87. The van der Waals surface area contributed by atoms with Crippen LogP contribution in [0.1, 0.15) is 31.0 Å². The van der Waals surface area contributed by atoms with E-state index in [0.717, 1.165) is 25.1 Å². The zero-order valence-corrected chi connectivity index (χ0v) is 10.0. The summed E-state index contributed by atoms with van der Waals surface area (Å²) in [6.07, 6.45) is 3.16. The first-order valence-electron chi connectivity index (χ1n) is 5.46. The van der Waals surface area contributed by atoms with E-state index in [-0.39, 0.29) is 0 Å². The van der Waals surface area contributed by atoms with Crippen molar-refractivity contribution in [3.63, 3.8) is 0 Å². The molecular weight excluding hydrogens is 228 g/mol. The van der Waals surface area contributed by atoms with Crippen LogP contribution >= 0.6 is 11.6 Å². The Morgan fingerprint density at radius 2 is 2.19 bits per heavy atom. The number of hydrogen-bond donors (Lipinski definition) is 0. The van der Waals surface area contributed by atoms with Crippen LogP contribution in [-0.4, -0.2) is 30.3 Å². The van der Waals surface area contributed by atoms with Crippen LogP contribution < -0.4 is 4.74 Å². The molecule has 1 saturated carbocycles. The molecule has 1 aromatic rings. The van der Waals surface area contributed by atoms with Crippen molar-refractivity contribution < 1.29 is 9.47 Å². The van der Waals surface area contributed by atoms with Gasteiger partial charge in [0.1, 0.15) is 11.0 Å². The Balaban J connectivity index is 1.92. The highest BCUT2D eigenvalue weighted by Gasteiger charge is 2.27. The first kappa shape index (κ1) is 11.6. The van der Waals surface area contributed by atoms with Gasteiger partial charge in [0.25, 0.3) is 0 Å². The fourth-order valence-corrected chi connectivity index (χ4v) is 1.57. The minimum atomic E-state index is 0.457. The van der Waals surface area contributed by atoms with Gasteiger partial charge in [0.2, 0.25) is 5.88 Å². The van der Waals surface area contributed by atoms with Gasteiger partial charge in [-0.25, -0.2) is 4.98 Å². The summed E-state index contributed by atoms with van der Waals surface area (Å²) in [4.78, 5) is 8.52.